The van der Waals surface area contributed by atoms with Crippen molar-refractivity contribution in [3.8, 4) is 0 Å². The van der Waals surface area contributed by atoms with Gasteiger partial charge in [-0.3, -0.25) is 9.48 Å². The quantitative estimate of drug-likeness (QED) is 0.525. The number of rotatable bonds is 8. The van der Waals surface area contributed by atoms with E-state index >= 15 is 0 Å². The van der Waals surface area contributed by atoms with Gasteiger partial charge in [-0.05, 0) is 30.7 Å². The van der Waals surface area contributed by atoms with E-state index in [2.05, 4.69) is 36.0 Å². The van der Waals surface area contributed by atoms with Gasteiger partial charge >= 0.3 is 0 Å². The van der Waals surface area contributed by atoms with Crippen LogP contribution in [0.2, 0.25) is 0 Å². The molecule has 9 heteroatoms. The molecular weight excluding hydrogens is 332 g/mol. The van der Waals surface area contributed by atoms with E-state index in [9.17, 15) is 4.79 Å². The van der Waals surface area contributed by atoms with Crippen molar-refractivity contribution in [1.29, 1.82) is 0 Å². The average Bonchev–Trinajstić information content (AvgIpc) is 3.12. The van der Waals surface area contributed by atoms with Gasteiger partial charge in [0.15, 0.2) is 0 Å². The SMILES string of the molecule is Cc1ccnc(Nc2cc(NCCNC(=O)Cn3cccn3)ncn2)c1. The minimum Gasteiger partial charge on any atom is -0.368 e. The lowest BCUT2D eigenvalue weighted by Crippen LogP contribution is -2.31. The summed E-state index contributed by atoms with van der Waals surface area (Å²) in [7, 11) is 0. The maximum Gasteiger partial charge on any atom is 0.241 e. The molecule has 3 aromatic rings. The molecule has 1 amide bonds. The Balaban J connectivity index is 1.44. The summed E-state index contributed by atoms with van der Waals surface area (Å²) in [4.78, 5) is 24.4. The molecule has 3 aromatic heterocycles. The first-order valence-electron chi connectivity index (χ1n) is 8.19. The van der Waals surface area contributed by atoms with Gasteiger partial charge in [0.05, 0.1) is 0 Å². The maximum absolute atomic E-state index is 11.8. The molecule has 3 rings (SSSR count). The fourth-order valence-electron chi connectivity index (χ4n) is 2.25. The molecule has 26 heavy (non-hydrogen) atoms. The first-order chi connectivity index (χ1) is 12.7. The fourth-order valence-corrected chi connectivity index (χ4v) is 2.25. The van der Waals surface area contributed by atoms with Gasteiger partial charge in [-0.25, -0.2) is 15.0 Å². The zero-order valence-corrected chi connectivity index (χ0v) is 14.4. The number of amides is 1. The molecule has 0 aliphatic carbocycles. The Labute approximate surface area is 150 Å². The van der Waals surface area contributed by atoms with E-state index in [0.29, 0.717) is 24.7 Å². The van der Waals surface area contributed by atoms with Crippen LogP contribution >= 0.6 is 0 Å². The van der Waals surface area contributed by atoms with Gasteiger partial charge < -0.3 is 16.0 Å². The van der Waals surface area contributed by atoms with Gasteiger partial charge in [0, 0.05) is 37.7 Å². The number of carbonyl (C=O) groups excluding carboxylic acids is 1. The van der Waals surface area contributed by atoms with E-state index in [0.717, 1.165) is 11.4 Å². The van der Waals surface area contributed by atoms with Gasteiger partial charge in [0.2, 0.25) is 5.91 Å². The number of pyridine rings is 1. The summed E-state index contributed by atoms with van der Waals surface area (Å²) >= 11 is 0. The third-order valence-electron chi connectivity index (χ3n) is 3.46. The van der Waals surface area contributed by atoms with Gasteiger partial charge in [-0.1, -0.05) is 0 Å². The molecule has 3 N–H and O–H groups in total. The predicted octanol–water partition coefficient (Wildman–Crippen LogP) is 1.35. The average molecular weight is 352 g/mol. The van der Waals surface area contributed by atoms with E-state index in [4.69, 9.17) is 0 Å². The summed E-state index contributed by atoms with van der Waals surface area (Å²) in [6, 6.07) is 7.43. The predicted molar refractivity (Wildman–Crippen MR) is 98.0 cm³/mol. The van der Waals surface area contributed by atoms with E-state index in [-0.39, 0.29) is 12.5 Å². The van der Waals surface area contributed by atoms with Gasteiger partial charge in [-0.2, -0.15) is 5.10 Å². The molecule has 134 valence electrons. The maximum atomic E-state index is 11.8. The summed E-state index contributed by atoms with van der Waals surface area (Å²) in [5.41, 5.74) is 1.11. The number of hydrogen-bond donors (Lipinski definition) is 3. The lowest BCUT2D eigenvalue weighted by Gasteiger charge is -2.09. The van der Waals surface area contributed by atoms with E-state index in [1.54, 1.807) is 35.4 Å². The molecule has 0 spiro atoms. The molecule has 0 unspecified atom stereocenters. The third kappa shape index (κ3) is 5.26. The van der Waals surface area contributed by atoms with Crippen molar-refractivity contribution in [1.82, 2.24) is 30.0 Å². The summed E-state index contributed by atoms with van der Waals surface area (Å²) in [5, 5.41) is 13.1. The first kappa shape index (κ1) is 17.3. The third-order valence-corrected chi connectivity index (χ3v) is 3.46. The van der Waals surface area contributed by atoms with Crippen molar-refractivity contribution in [2.45, 2.75) is 13.5 Å². The second kappa shape index (κ2) is 8.56. The molecule has 0 aromatic carbocycles. The Morgan fingerprint density at radius 1 is 1.08 bits per heavy atom. The molecule has 9 nitrogen and oxygen atoms in total. The summed E-state index contributed by atoms with van der Waals surface area (Å²) in [6.45, 7) is 3.23. The molecular formula is C17H20N8O. The van der Waals surface area contributed by atoms with Gasteiger partial charge in [0.25, 0.3) is 0 Å². The van der Waals surface area contributed by atoms with Crippen molar-refractivity contribution < 1.29 is 4.79 Å². The number of aryl methyl sites for hydroxylation is 1. The highest BCUT2D eigenvalue weighted by atomic mass is 16.2. The number of aromatic nitrogens is 5. The van der Waals surface area contributed by atoms with E-state index in [1.807, 2.05) is 19.1 Å². The number of carbonyl (C=O) groups is 1. The molecule has 0 saturated heterocycles. The van der Waals surface area contributed by atoms with Crippen LogP contribution in [0.4, 0.5) is 17.5 Å². The Morgan fingerprint density at radius 3 is 2.73 bits per heavy atom. The normalized spacial score (nSPS) is 10.3. The molecule has 0 aliphatic heterocycles. The van der Waals surface area contributed by atoms with Crippen LogP contribution in [0, 0.1) is 6.92 Å². The minimum absolute atomic E-state index is 0.0916. The lowest BCUT2D eigenvalue weighted by molar-refractivity contribution is -0.121. The molecule has 0 atom stereocenters. The second-order valence-electron chi connectivity index (χ2n) is 5.61. The molecule has 0 bridgehead atoms. The Morgan fingerprint density at radius 2 is 1.92 bits per heavy atom. The molecule has 0 fully saturated rings. The van der Waals surface area contributed by atoms with E-state index in [1.165, 1.54) is 6.33 Å². The highest BCUT2D eigenvalue weighted by Gasteiger charge is 2.03. The van der Waals surface area contributed by atoms with Crippen LogP contribution in [-0.4, -0.2) is 43.7 Å². The number of nitrogens with zero attached hydrogens (tertiary/aromatic N) is 5. The zero-order valence-electron chi connectivity index (χ0n) is 14.4. The van der Waals surface area contributed by atoms with Crippen molar-refractivity contribution in [2.75, 3.05) is 23.7 Å². The smallest absolute Gasteiger partial charge is 0.241 e. The Kier molecular flexibility index (Phi) is 5.71. The van der Waals surface area contributed by atoms with Crippen molar-refractivity contribution >= 4 is 23.4 Å². The van der Waals surface area contributed by atoms with Crippen molar-refractivity contribution in [2.24, 2.45) is 0 Å². The lowest BCUT2D eigenvalue weighted by atomic mass is 10.3. The highest BCUT2D eigenvalue weighted by molar-refractivity contribution is 5.75. The Hall–Kier alpha value is -3.49. The molecule has 0 radical (unpaired) electrons. The first-order valence-corrected chi connectivity index (χ1v) is 8.19. The van der Waals surface area contributed by atoms with Gasteiger partial charge in [-0.15, -0.1) is 0 Å². The standard InChI is InChI=1S/C17H20N8O/c1-13-3-5-18-15(9-13)24-16-10-14(21-12-22-16)19-6-7-20-17(26)11-25-8-2-4-23-25/h2-5,8-10,12H,6-7,11H2,1H3,(H,20,26)(H2,18,19,21,22,24). The highest BCUT2D eigenvalue weighted by Crippen LogP contribution is 2.14. The minimum atomic E-state index is -0.0916. The van der Waals surface area contributed by atoms with Crippen LogP contribution in [0.1, 0.15) is 5.56 Å². The van der Waals surface area contributed by atoms with Crippen molar-refractivity contribution in [3.63, 3.8) is 0 Å². The molecule has 0 saturated carbocycles. The summed E-state index contributed by atoms with van der Waals surface area (Å²) < 4.78 is 1.57. The number of anilines is 3. The second-order valence-corrected chi connectivity index (χ2v) is 5.61. The number of nitrogens with one attached hydrogen (secondary N) is 3. The van der Waals surface area contributed by atoms with Gasteiger partial charge in [0.1, 0.15) is 30.3 Å². The fraction of sp³-hybridized carbons (Fsp3) is 0.235. The van der Waals surface area contributed by atoms with Crippen LogP contribution in [0.3, 0.4) is 0 Å². The monoisotopic (exact) mass is 352 g/mol. The van der Waals surface area contributed by atoms with Crippen LogP contribution in [-0.2, 0) is 11.3 Å². The van der Waals surface area contributed by atoms with Crippen molar-refractivity contribution in [3.05, 3.63) is 54.7 Å². The summed E-state index contributed by atoms with van der Waals surface area (Å²) in [5.74, 6) is 1.94. The van der Waals surface area contributed by atoms with Crippen LogP contribution in [0.15, 0.2) is 49.2 Å². The van der Waals surface area contributed by atoms with Crippen LogP contribution < -0.4 is 16.0 Å². The largest absolute Gasteiger partial charge is 0.368 e. The zero-order chi connectivity index (χ0) is 18.2. The number of hydrogen-bond acceptors (Lipinski definition) is 7. The molecule has 3 heterocycles. The summed E-state index contributed by atoms with van der Waals surface area (Å²) in [6.07, 6.45) is 6.60. The topological polar surface area (TPSA) is 110 Å². The molecule has 0 aliphatic rings. The van der Waals surface area contributed by atoms with E-state index < -0.39 is 0 Å². The Bertz CT molecular complexity index is 849. The van der Waals surface area contributed by atoms with Crippen LogP contribution in [0.5, 0.6) is 0 Å². The van der Waals surface area contributed by atoms with Crippen LogP contribution in [0.25, 0.3) is 0 Å².